The molecule has 128 valence electrons. The van der Waals surface area contributed by atoms with Crippen LogP contribution in [-0.2, 0) is 4.79 Å². The van der Waals surface area contributed by atoms with Gasteiger partial charge in [0.15, 0.2) is 0 Å². The van der Waals surface area contributed by atoms with E-state index in [1.807, 2.05) is 13.0 Å². The van der Waals surface area contributed by atoms with Crippen LogP contribution >= 0.6 is 11.3 Å². The maximum atomic E-state index is 12.6. The number of amides is 2. The summed E-state index contributed by atoms with van der Waals surface area (Å²) in [5.74, 6) is -0.291. The molecule has 0 aromatic carbocycles. The van der Waals surface area contributed by atoms with Gasteiger partial charge in [0.25, 0.3) is 5.91 Å². The molecule has 0 unspecified atom stereocenters. The molecular formula is C16H21N5O2S. The van der Waals surface area contributed by atoms with Gasteiger partial charge in [0.2, 0.25) is 5.91 Å². The molecule has 0 spiro atoms. The predicted molar refractivity (Wildman–Crippen MR) is 93.1 cm³/mol. The summed E-state index contributed by atoms with van der Waals surface area (Å²) in [5.41, 5.74) is 6.79. The van der Waals surface area contributed by atoms with Gasteiger partial charge in [-0.15, -0.1) is 11.3 Å². The lowest BCUT2D eigenvalue weighted by Crippen LogP contribution is -2.46. The molecule has 0 bridgehead atoms. The zero-order chi connectivity index (χ0) is 17.1. The largest absolute Gasteiger partial charge is 0.366 e. The number of nitrogens with two attached hydrogens (primary N) is 1. The number of rotatable bonds is 5. The van der Waals surface area contributed by atoms with Crippen molar-refractivity contribution in [2.24, 2.45) is 5.73 Å². The molecule has 1 aliphatic rings. The molecule has 0 radical (unpaired) electrons. The van der Waals surface area contributed by atoms with Gasteiger partial charge in [-0.1, -0.05) is 0 Å². The minimum Gasteiger partial charge on any atom is -0.366 e. The van der Waals surface area contributed by atoms with E-state index in [4.69, 9.17) is 5.73 Å². The fourth-order valence-electron chi connectivity index (χ4n) is 3.09. The lowest BCUT2D eigenvalue weighted by Gasteiger charge is -2.35. The molecule has 1 saturated heterocycles. The lowest BCUT2D eigenvalue weighted by atomic mass is 9.94. The number of anilines is 1. The van der Waals surface area contributed by atoms with Crippen molar-refractivity contribution in [3.8, 4) is 0 Å². The molecule has 24 heavy (non-hydrogen) atoms. The van der Waals surface area contributed by atoms with Crippen molar-refractivity contribution in [3.63, 3.8) is 0 Å². The second-order valence-corrected chi connectivity index (χ2v) is 6.96. The van der Waals surface area contributed by atoms with Crippen molar-refractivity contribution >= 4 is 28.2 Å². The maximum absolute atomic E-state index is 12.6. The Kier molecular flexibility index (Phi) is 4.96. The molecule has 2 atom stereocenters. The molecule has 1 fully saturated rings. The third kappa shape index (κ3) is 3.49. The van der Waals surface area contributed by atoms with Gasteiger partial charge in [0.05, 0.1) is 11.6 Å². The lowest BCUT2D eigenvalue weighted by molar-refractivity contribution is -0.121. The summed E-state index contributed by atoms with van der Waals surface area (Å²) >= 11 is 1.30. The Hall–Kier alpha value is -2.19. The summed E-state index contributed by atoms with van der Waals surface area (Å²) in [6, 6.07) is 3.34. The van der Waals surface area contributed by atoms with Gasteiger partial charge in [-0.2, -0.15) is 5.10 Å². The van der Waals surface area contributed by atoms with E-state index in [2.05, 4.69) is 20.4 Å². The van der Waals surface area contributed by atoms with Gasteiger partial charge < -0.3 is 11.1 Å². The molecule has 3 heterocycles. The van der Waals surface area contributed by atoms with E-state index in [0.717, 1.165) is 31.6 Å². The maximum Gasteiger partial charge on any atom is 0.251 e. The van der Waals surface area contributed by atoms with E-state index in [0.29, 0.717) is 16.5 Å². The van der Waals surface area contributed by atoms with Gasteiger partial charge >= 0.3 is 0 Å². The quantitative estimate of drug-likeness (QED) is 0.767. The van der Waals surface area contributed by atoms with E-state index in [1.54, 1.807) is 17.6 Å². The topological polar surface area (TPSA) is 104 Å². The van der Waals surface area contributed by atoms with E-state index in [9.17, 15) is 9.59 Å². The summed E-state index contributed by atoms with van der Waals surface area (Å²) in [6.07, 6.45) is 3.88. The van der Waals surface area contributed by atoms with Crippen molar-refractivity contribution in [2.75, 3.05) is 18.4 Å². The number of likely N-dealkylation sites (tertiary alicyclic amines) is 1. The number of nitrogens with zero attached hydrogens (tertiary/aromatic N) is 2. The van der Waals surface area contributed by atoms with Crippen LogP contribution in [0.3, 0.4) is 0 Å². The Morgan fingerprint density at radius 1 is 1.50 bits per heavy atom. The van der Waals surface area contributed by atoms with Crippen LogP contribution in [0.4, 0.5) is 5.00 Å². The molecule has 3 rings (SSSR count). The van der Waals surface area contributed by atoms with E-state index >= 15 is 0 Å². The fourth-order valence-corrected chi connectivity index (χ4v) is 3.88. The smallest absolute Gasteiger partial charge is 0.251 e. The summed E-state index contributed by atoms with van der Waals surface area (Å²) in [4.78, 5) is 26.1. The Labute approximate surface area is 144 Å². The van der Waals surface area contributed by atoms with E-state index in [-0.39, 0.29) is 11.9 Å². The molecule has 8 heteroatoms. The minimum atomic E-state index is -0.531. The second-order valence-electron chi connectivity index (χ2n) is 6.04. The van der Waals surface area contributed by atoms with Gasteiger partial charge in [0, 0.05) is 24.4 Å². The number of aromatic amines is 1. The third-order valence-corrected chi connectivity index (χ3v) is 5.34. The highest BCUT2D eigenvalue weighted by molar-refractivity contribution is 7.14. The van der Waals surface area contributed by atoms with E-state index in [1.165, 1.54) is 11.3 Å². The molecule has 4 N–H and O–H groups in total. The Bertz CT molecular complexity index is 712. The molecular weight excluding hydrogens is 326 g/mol. The number of piperidine rings is 1. The van der Waals surface area contributed by atoms with Crippen molar-refractivity contribution in [2.45, 2.75) is 31.7 Å². The van der Waals surface area contributed by atoms with Crippen LogP contribution in [0, 0.1) is 0 Å². The first kappa shape index (κ1) is 16.7. The van der Waals surface area contributed by atoms with Crippen molar-refractivity contribution in [1.29, 1.82) is 0 Å². The van der Waals surface area contributed by atoms with Crippen LogP contribution in [0.25, 0.3) is 0 Å². The Morgan fingerprint density at radius 2 is 2.33 bits per heavy atom. The van der Waals surface area contributed by atoms with Crippen LogP contribution in [0.5, 0.6) is 0 Å². The van der Waals surface area contributed by atoms with Gasteiger partial charge in [-0.25, -0.2) is 0 Å². The zero-order valence-electron chi connectivity index (χ0n) is 13.5. The van der Waals surface area contributed by atoms with Gasteiger partial charge in [-0.05, 0) is 43.8 Å². The summed E-state index contributed by atoms with van der Waals surface area (Å²) < 4.78 is 0. The van der Waals surface area contributed by atoms with Crippen LogP contribution in [0.1, 0.15) is 41.7 Å². The first-order chi connectivity index (χ1) is 11.6. The summed E-state index contributed by atoms with van der Waals surface area (Å²) in [6.45, 7) is 3.58. The van der Waals surface area contributed by atoms with Gasteiger partial charge in [0.1, 0.15) is 5.00 Å². The molecule has 2 amide bonds. The number of nitrogens with one attached hydrogen (secondary N) is 2. The minimum absolute atomic E-state index is 0.120. The number of carbonyl (C=O) groups is 2. The highest BCUT2D eigenvalue weighted by Gasteiger charge is 2.29. The zero-order valence-corrected chi connectivity index (χ0v) is 14.3. The first-order valence-electron chi connectivity index (χ1n) is 7.97. The highest BCUT2D eigenvalue weighted by atomic mass is 32.1. The molecule has 7 nitrogen and oxygen atoms in total. The van der Waals surface area contributed by atoms with Crippen molar-refractivity contribution in [1.82, 2.24) is 15.1 Å². The number of hydrogen-bond donors (Lipinski definition) is 3. The fraction of sp³-hybridized carbons (Fsp3) is 0.438. The SMILES string of the molecule is C[C@H](C(=O)Nc1sccc1C(N)=O)N1CCC[C@@H](c2ccn[nH]2)C1. The summed E-state index contributed by atoms with van der Waals surface area (Å²) in [7, 11) is 0. The monoisotopic (exact) mass is 347 g/mol. The molecule has 2 aromatic rings. The predicted octanol–water partition coefficient (Wildman–Crippen LogP) is 1.78. The number of thiophene rings is 1. The number of carbonyl (C=O) groups excluding carboxylic acids is 2. The van der Waals surface area contributed by atoms with Gasteiger partial charge in [-0.3, -0.25) is 19.6 Å². The molecule has 2 aromatic heterocycles. The number of hydrogen-bond acceptors (Lipinski definition) is 5. The van der Waals surface area contributed by atoms with E-state index < -0.39 is 5.91 Å². The molecule has 1 aliphatic heterocycles. The van der Waals surface area contributed by atoms with Crippen molar-refractivity contribution in [3.05, 3.63) is 35.0 Å². The number of primary amides is 1. The standard InChI is InChI=1S/C16H21N5O2S/c1-10(15(23)19-16-12(14(17)22)5-8-24-16)21-7-2-3-11(9-21)13-4-6-18-20-13/h4-6,8,10-11H,2-3,7,9H2,1H3,(H2,17,22)(H,18,20)(H,19,23)/t10-,11-/m1/s1. The first-order valence-corrected chi connectivity index (χ1v) is 8.85. The Morgan fingerprint density at radius 3 is 3.04 bits per heavy atom. The second kappa shape index (κ2) is 7.14. The average Bonchev–Trinajstić information content (AvgIpc) is 3.25. The average molecular weight is 347 g/mol. The molecule has 0 saturated carbocycles. The normalized spacial score (nSPS) is 19.8. The molecule has 0 aliphatic carbocycles. The van der Waals surface area contributed by atoms with Crippen LogP contribution in [-0.4, -0.2) is 46.0 Å². The number of aromatic nitrogens is 2. The number of H-pyrrole nitrogens is 1. The van der Waals surface area contributed by atoms with Crippen LogP contribution in [0.2, 0.25) is 0 Å². The summed E-state index contributed by atoms with van der Waals surface area (Å²) in [5, 5.41) is 12.1. The highest BCUT2D eigenvalue weighted by Crippen LogP contribution is 2.27. The van der Waals surface area contributed by atoms with Crippen LogP contribution < -0.4 is 11.1 Å². The van der Waals surface area contributed by atoms with Crippen molar-refractivity contribution < 1.29 is 9.59 Å². The third-order valence-electron chi connectivity index (χ3n) is 4.51. The Balaban J connectivity index is 1.64. The van der Waals surface area contributed by atoms with Crippen LogP contribution in [0.15, 0.2) is 23.7 Å².